The molecule has 27 heavy (non-hydrogen) atoms. The first-order valence-electron chi connectivity index (χ1n) is 8.84. The number of hydrogen-bond acceptors (Lipinski definition) is 3. The predicted octanol–water partition coefficient (Wildman–Crippen LogP) is 4.52. The molecule has 1 N–H and O–H groups in total. The molecule has 3 aromatic carbocycles. The zero-order valence-electron chi connectivity index (χ0n) is 15.0. The van der Waals surface area contributed by atoms with Gasteiger partial charge in [0.15, 0.2) is 0 Å². The fourth-order valence-corrected chi connectivity index (χ4v) is 3.43. The lowest BCUT2D eigenvalue weighted by Gasteiger charge is -2.06. The minimum atomic E-state index is 0.0164. The first-order chi connectivity index (χ1) is 13.3. The number of thioether (sulfide) groups is 1. The summed E-state index contributed by atoms with van der Waals surface area (Å²) in [6, 6.07) is 24.1. The van der Waals surface area contributed by atoms with Gasteiger partial charge >= 0.3 is 0 Å². The van der Waals surface area contributed by atoms with E-state index in [1.54, 1.807) is 11.8 Å². The van der Waals surface area contributed by atoms with Crippen LogP contribution in [-0.2, 0) is 4.79 Å². The standard InChI is InChI=1S/C23H21NO2S/c25-23(15-18-27-20-11-2-1-3-12-20)24-16-6-7-17-26-22-14-8-10-19-9-4-5-13-21(19)22/h1-5,8-14H,15-18H2,(H,24,25). The fourth-order valence-electron chi connectivity index (χ4n) is 2.56. The summed E-state index contributed by atoms with van der Waals surface area (Å²) in [4.78, 5) is 13.0. The highest BCUT2D eigenvalue weighted by molar-refractivity contribution is 7.99. The van der Waals surface area contributed by atoms with Crippen molar-refractivity contribution in [1.29, 1.82) is 0 Å². The normalized spacial score (nSPS) is 10.1. The summed E-state index contributed by atoms with van der Waals surface area (Å²) in [5, 5.41) is 5.03. The first-order valence-corrected chi connectivity index (χ1v) is 9.82. The van der Waals surface area contributed by atoms with Crippen molar-refractivity contribution in [2.75, 3.05) is 18.9 Å². The maximum atomic E-state index is 11.8. The Kier molecular flexibility index (Phi) is 7.20. The Morgan fingerprint density at radius 2 is 1.70 bits per heavy atom. The number of ether oxygens (including phenoxy) is 1. The highest BCUT2D eigenvalue weighted by Crippen LogP contribution is 2.24. The van der Waals surface area contributed by atoms with E-state index in [0.29, 0.717) is 19.6 Å². The Labute approximate surface area is 164 Å². The molecule has 4 heteroatoms. The maximum Gasteiger partial charge on any atom is 0.221 e. The van der Waals surface area contributed by atoms with E-state index in [2.05, 4.69) is 29.3 Å². The van der Waals surface area contributed by atoms with Gasteiger partial charge in [-0.05, 0) is 23.6 Å². The summed E-state index contributed by atoms with van der Waals surface area (Å²) in [5.74, 6) is 7.47. The maximum absolute atomic E-state index is 11.8. The Balaban J connectivity index is 1.35. The first kappa shape index (κ1) is 18.9. The van der Waals surface area contributed by atoms with Gasteiger partial charge in [-0.1, -0.05) is 66.4 Å². The number of hydrogen-bond donors (Lipinski definition) is 1. The quantitative estimate of drug-likeness (QED) is 0.487. The molecular formula is C23H21NO2S. The molecule has 136 valence electrons. The second kappa shape index (κ2) is 10.3. The largest absolute Gasteiger partial charge is 0.480 e. The van der Waals surface area contributed by atoms with Gasteiger partial charge in [-0.3, -0.25) is 4.79 Å². The molecule has 0 heterocycles. The van der Waals surface area contributed by atoms with Gasteiger partial charge in [-0.2, -0.15) is 0 Å². The van der Waals surface area contributed by atoms with E-state index in [4.69, 9.17) is 4.74 Å². The van der Waals surface area contributed by atoms with Crippen molar-refractivity contribution in [2.24, 2.45) is 0 Å². The summed E-state index contributed by atoms with van der Waals surface area (Å²) in [6.07, 6.45) is 0.480. The van der Waals surface area contributed by atoms with Crippen molar-refractivity contribution >= 4 is 28.4 Å². The number of carbonyl (C=O) groups excluding carboxylic acids is 1. The summed E-state index contributed by atoms with van der Waals surface area (Å²) >= 11 is 1.68. The van der Waals surface area contributed by atoms with Gasteiger partial charge in [0.2, 0.25) is 5.91 Å². The lowest BCUT2D eigenvalue weighted by Crippen LogP contribution is -2.23. The van der Waals surface area contributed by atoms with Crippen molar-refractivity contribution < 1.29 is 9.53 Å². The molecule has 0 unspecified atom stereocenters. The summed E-state index contributed by atoms with van der Waals surface area (Å²) in [5.41, 5.74) is 0. The minimum absolute atomic E-state index is 0.0164. The van der Waals surface area contributed by atoms with Crippen molar-refractivity contribution in [1.82, 2.24) is 5.32 Å². The van der Waals surface area contributed by atoms with E-state index in [1.165, 1.54) is 4.90 Å². The Bertz CT molecular complexity index is 939. The molecule has 0 bridgehead atoms. The zero-order valence-corrected chi connectivity index (χ0v) is 15.8. The van der Waals surface area contributed by atoms with E-state index in [9.17, 15) is 4.79 Å². The third-order valence-corrected chi connectivity index (χ3v) is 4.90. The van der Waals surface area contributed by atoms with Gasteiger partial charge in [-0.15, -0.1) is 11.8 Å². The number of nitrogens with one attached hydrogen (secondary N) is 1. The molecule has 0 aliphatic heterocycles. The van der Waals surface area contributed by atoms with E-state index < -0.39 is 0 Å². The third kappa shape index (κ3) is 6.09. The molecule has 0 radical (unpaired) electrons. The Morgan fingerprint density at radius 1 is 0.926 bits per heavy atom. The Morgan fingerprint density at radius 3 is 2.59 bits per heavy atom. The van der Waals surface area contributed by atoms with Crippen molar-refractivity contribution in [3.05, 3.63) is 72.8 Å². The van der Waals surface area contributed by atoms with Gasteiger partial charge in [0.1, 0.15) is 12.4 Å². The molecule has 0 atom stereocenters. The molecule has 3 nitrogen and oxygen atoms in total. The zero-order chi connectivity index (χ0) is 18.7. The van der Waals surface area contributed by atoms with Crippen LogP contribution in [0.2, 0.25) is 0 Å². The van der Waals surface area contributed by atoms with Crippen LogP contribution in [0.15, 0.2) is 77.7 Å². The van der Waals surface area contributed by atoms with E-state index >= 15 is 0 Å². The number of benzene rings is 3. The van der Waals surface area contributed by atoms with Crippen LogP contribution in [0.1, 0.15) is 6.42 Å². The van der Waals surface area contributed by atoms with Crippen LogP contribution in [0, 0.1) is 11.8 Å². The van der Waals surface area contributed by atoms with Crippen molar-refractivity contribution in [2.45, 2.75) is 11.3 Å². The second-order valence-corrected chi connectivity index (χ2v) is 6.98. The lowest BCUT2D eigenvalue weighted by atomic mass is 10.1. The van der Waals surface area contributed by atoms with Crippen LogP contribution in [0.25, 0.3) is 10.8 Å². The van der Waals surface area contributed by atoms with Crippen LogP contribution in [0.4, 0.5) is 0 Å². The van der Waals surface area contributed by atoms with Crippen LogP contribution in [0.3, 0.4) is 0 Å². The average Bonchev–Trinajstić information content (AvgIpc) is 2.71. The number of rotatable bonds is 7. The summed E-state index contributed by atoms with van der Waals surface area (Å²) in [7, 11) is 0. The molecule has 0 aliphatic rings. The smallest absolute Gasteiger partial charge is 0.221 e. The van der Waals surface area contributed by atoms with E-state index in [1.807, 2.05) is 60.7 Å². The van der Waals surface area contributed by atoms with Crippen molar-refractivity contribution in [3.63, 3.8) is 0 Å². The van der Waals surface area contributed by atoms with Gasteiger partial charge < -0.3 is 10.1 Å². The molecule has 0 aliphatic carbocycles. The predicted molar refractivity (Wildman–Crippen MR) is 112 cm³/mol. The lowest BCUT2D eigenvalue weighted by molar-refractivity contribution is -0.120. The van der Waals surface area contributed by atoms with Crippen LogP contribution in [0.5, 0.6) is 5.75 Å². The molecule has 0 saturated carbocycles. The highest BCUT2D eigenvalue weighted by atomic mass is 32.2. The van der Waals surface area contributed by atoms with Gasteiger partial charge in [0.05, 0.1) is 6.54 Å². The van der Waals surface area contributed by atoms with Crippen LogP contribution < -0.4 is 10.1 Å². The monoisotopic (exact) mass is 375 g/mol. The van der Waals surface area contributed by atoms with Gasteiger partial charge in [0.25, 0.3) is 0 Å². The van der Waals surface area contributed by atoms with Crippen LogP contribution in [-0.4, -0.2) is 24.8 Å². The third-order valence-electron chi connectivity index (χ3n) is 3.89. The minimum Gasteiger partial charge on any atom is -0.480 e. The van der Waals surface area contributed by atoms with E-state index in [-0.39, 0.29) is 5.91 Å². The number of carbonyl (C=O) groups is 1. The number of fused-ring (bicyclic) bond motifs is 1. The van der Waals surface area contributed by atoms with E-state index in [0.717, 1.165) is 22.3 Å². The molecular weight excluding hydrogens is 354 g/mol. The molecule has 0 spiro atoms. The summed E-state index contributed by atoms with van der Waals surface area (Å²) in [6.45, 7) is 0.640. The molecule has 3 rings (SSSR count). The van der Waals surface area contributed by atoms with Gasteiger partial charge in [0, 0.05) is 22.5 Å². The molecule has 3 aromatic rings. The topological polar surface area (TPSA) is 38.3 Å². The molecule has 1 amide bonds. The Hall–Kier alpha value is -2.90. The molecule has 0 aromatic heterocycles. The number of amides is 1. The van der Waals surface area contributed by atoms with Crippen LogP contribution >= 0.6 is 11.8 Å². The fraction of sp³-hybridized carbons (Fsp3) is 0.174. The molecule has 0 fully saturated rings. The second-order valence-electron chi connectivity index (χ2n) is 5.81. The highest BCUT2D eigenvalue weighted by Gasteiger charge is 2.01. The average molecular weight is 375 g/mol. The molecule has 0 saturated heterocycles. The summed E-state index contributed by atoms with van der Waals surface area (Å²) < 4.78 is 5.75. The SMILES string of the molecule is O=C(CCSc1ccccc1)NCC#CCOc1cccc2ccccc12. The van der Waals surface area contributed by atoms with Crippen molar-refractivity contribution in [3.8, 4) is 17.6 Å². The van der Waals surface area contributed by atoms with Gasteiger partial charge in [-0.25, -0.2) is 0 Å².